The standard InChI is InChI=1S/C14H20N2O5/c1-20-12-9-11(14(17)13(10-12)16(18)19)3-2-4-15-5-7-21-8-6-15/h9-10,17H,2-8H2,1H3. The van der Waals surface area contributed by atoms with Crippen LogP contribution in [0.4, 0.5) is 5.69 Å². The highest BCUT2D eigenvalue weighted by molar-refractivity contribution is 5.55. The molecule has 0 bridgehead atoms. The van der Waals surface area contributed by atoms with Gasteiger partial charge in [0.1, 0.15) is 5.75 Å². The highest BCUT2D eigenvalue weighted by atomic mass is 16.6. The van der Waals surface area contributed by atoms with Gasteiger partial charge in [-0.2, -0.15) is 0 Å². The van der Waals surface area contributed by atoms with Crippen molar-refractivity contribution < 1.29 is 19.5 Å². The van der Waals surface area contributed by atoms with Crippen LogP contribution in [0.5, 0.6) is 11.5 Å². The van der Waals surface area contributed by atoms with E-state index in [0.29, 0.717) is 17.7 Å². The molecular weight excluding hydrogens is 276 g/mol. The first-order valence-corrected chi connectivity index (χ1v) is 6.96. The summed E-state index contributed by atoms with van der Waals surface area (Å²) in [6, 6.07) is 2.89. The van der Waals surface area contributed by atoms with E-state index in [9.17, 15) is 15.2 Å². The van der Waals surface area contributed by atoms with Gasteiger partial charge in [0, 0.05) is 18.7 Å². The summed E-state index contributed by atoms with van der Waals surface area (Å²) in [7, 11) is 1.45. The van der Waals surface area contributed by atoms with Crippen LogP contribution in [-0.4, -0.2) is 54.9 Å². The Balaban J connectivity index is 2.01. The van der Waals surface area contributed by atoms with Gasteiger partial charge in [-0.15, -0.1) is 0 Å². The number of rotatable bonds is 6. The zero-order valence-corrected chi connectivity index (χ0v) is 12.1. The number of morpholine rings is 1. The Hall–Kier alpha value is -1.86. The molecule has 0 amide bonds. The number of nitro groups is 1. The van der Waals surface area contributed by atoms with E-state index >= 15 is 0 Å². The predicted octanol–water partition coefficient (Wildman–Crippen LogP) is 1.57. The van der Waals surface area contributed by atoms with E-state index in [-0.39, 0.29) is 11.4 Å². The number of hydrogen-bond donors (Lipinski definition) is 1. The maximum Gasteiger partial charge on any atom is 0.314 e. The van der Waals surface area contributed by atoms with Gasteiger partial charge in [-0.05, 0) is 25.5 Å². The van der Waals surface area contributed by atoms with E-state index in [1.165, 1.54) is 13.2 Å². The Morgan fingerprint density at radius 2 is 2.14 bits per heavy atom. The third-order valence-corrected chi connectivity index (χ3v) is 3.60. The summed E-state index contributed by atoms with van der Waals surface area (Å²) in [5.41, 5.74) is 0.241. The van der Waals surface area contributed by atoms with Gasteiger partial charge in [-0.25, -0.2) is 0 Å². The minimum Gasteiger partial charge on any atom is -0.502 e. The fraction of sp³-hybridized carbons (Fsp3) is 0.571. The number of ether oxygens (including phenoxy) is 2. The van der Waals surface area contributed by atoms with Crippen LogP contribution in [0.25, 0.3) is 0 Å². The van der Waals surface area contributed by atoms with Gasteiger partial charge in [0.2, 0.25) is 0 Å². The van der Waals surface area contributed by atoms with Crippen molar-refractivity contribution in [1.29, 1.82) is 0 Å². The first-order chi connectivity index (χ1) is 10.1. The SMILES string of the molecule is COc1cc(CCCN2CCOCC2)c(O)c([N+](=O)[O-])c1. The number of nitrogens with zero attached hydrogens (tertiary/aromatic N) is 2. The molecule has 0 unspecified atom stereocenters. The molecular formula is C14H20N2O5. The minimum atomic E-state index is -0.594. The van der Waals surface area contributed by atoms with Crippen LogP contribution in [0.3, 0.4) is 0 Å². The summed E-state index contributed by atoms with van der Waals surface area (Å²) >= 11 is 0. The van der Waals surface area contributed by atoms with Crippen molar-refractivity contribution in [1.82, 2.24) is 4.90 Å². The number of nitro benzene ring substituents is 1. The molecule has 21 heavy (non-hydrogen) atoms. The molecule has 116 valence electrons. The summed E-state index contributed by atoms with van der Waals surface area (Å²) in [5.74, 6) is 0.128. The average molecular weight is 296 g/mol. The monoisotopic (exact) mass is 296 g/mol. The summed E-state index contributed by atoms with van der Waals surface area (Å²) in [6.45, 7) is 4.19. The second-order valence-corrected chi connectivity index (χ2v) is 4.97. The second kappa shape index (κ2) is 7.24. The Labute approximate surface area is 123 Å². The van der Waals surface area contributed by atoms with E-state index in [1.807, 2.05) is 0 Å². The Bertz CT molecular complexity index is 500. The molecule has 1 fully saturated rings. The van der Waals surface area contributed by atoms with Crippen molar-refractivity contribution in [2.75, 3.05) is 40.0 Å². The molecule has 2 rings (SSSR count). The molecule has 0 atom stereocenters. The number of aromatic hydroxyl groups is 1. The quantitative estimate of drug-likeness (QED) is 0.633. The largest absolute Gasteiger partial charge is 0.502 e. The normalized spacial score (nSPS) is 15.9. The van der Waals surface area contributed by atoms with Crippen LogP contribution in [0.15, 0.2) is 12.1 Å². The minimum absolute atomic E-state index is 0.261. The molecule has 1 heterocycles. The molecule has 0 aliphatic carbocycles. The second-order valence-electron chi connectivity index (χ2n) is 4.97. The molecule has 1 aromatic rings. The van der Waals surface area contributed by atoms with Crippen molar-refractivity contribution in [3.8, 4) is 11.5 Å². The van der Waals surface area contributed by atoms with Gasteiger partial charge >= 0.3 is 5.69 Å². The maximum atomic E-state index is 10.9. The predicted molar refractivity (Wildman–Crippen MR) is 76.9 cm³/mol. The molecule has 7 nitrogen and oxygen atoms in total. The molecule has 7 heteroatoms. The van der Waals surface area contributed by atoms with Crippen molar-refractivity contribution in [3.63, 3.8) is 0 Å². The first kappa shape index (κ1) is 15.5. The number of benzene rings is 1. The zero-order valence-electron chi connectivity index (χ0n) is 12.1. The lowest BCUT2D eigenvalue weighted by Gasteiger charge is -2.26. The first-order valence-electron chi connectivity index (χ1n) is 6.96. The number of aryl methyl sites for hydroxylation is 1. The molecule has 0 spiro atoms. The fourth-order valence-corrected chi connectivity index (χ4v) is 2.41. The van der Waals surface area contributed by atoms with E-state index < -0.39 is 4.92 Å². The maximum absolute atomic E-state index is 10.9. The smallest absolute Gasteiger partial charge is 0.314 e. The topological polar surface area (TPSA) is 85.1 Å². The van der Waals surface area contributed by atoms with E-state index in [2.05, 4.69) is 4.90 Å². The fourth-order valence-electron chi connectivity index (χ4n) is 2.41. The van der Waals surface area contributed by atoms with Gasteiger partial charge in [0.25, 0.3) is 0 Å². The molecule has 0 aromatic heterocycles. The van der Waals surface area contributed by atoms with Gasteiger partial charge in [-0.1, -0.05) is 0 Å². The average Bonchev–Trinajstić information content (AvgIpc) is 2.49. The number of methoxy groups -OCH3 is 1. The summed E-state index contributed by atoms with van der Waals surface area (Å²) in [4.78, 5) is 12.6. The molecule has 0 saturated carbocycles. The van der Waals surface area contributed by atoms with Crippen LogP contribution < -0.4 is 4.74 Å². The van der Waals surface area contributed by atoms with E-state index in [0.717, 1.165) is 39.3 Å². The van der Waals surface area contributed by atoms with Crippen molar-refractivity contribution in [2.45, 2.75) is 12.8 Å². The highest BCUT2D eigenvalue weighted by Crippen LogP contribution is 2.35. The summed E-state index contributed by atoms with van der Waals surface area (Å²) < 4.78 is 10.3. The van der Waals surface area contributed by atoms with Crippen LogP contribution in [0.1, 0.15) is 12.0 Å². The molecule has 0 radical (unpaired) electrons. The van der Waals surface area contributed by atoms with E-state index in [1.54, 1.807) is 6.07 Å². The summed E-state index contributed by atoms with van der Waals surface area (Å²) in [5, 5.41) is 20.9. The van der Waals surface area contributed by atoms with Crippen molar-refractivity contribution in [3.05, 3.63) is 27.8 Å². The Morgan fingerprint density at radius 3 is 2.76 bits per heavy atom. The lowest BCUT2D eigenvalue weighted by Crippen LogP contribution is -2.36. The third kappa shape index (κ3) is 4.05. The van der Waals surface area contributed by atoms with Crippen LogP contribution in [0.2, 0.25) is 0 Å². The zero-order chi connectivity index (χ0) is 15.2. The van der Waals surface area contributed by atoms with Crippen LogP contribution >= 0.6 is 0 Å². The highest BCUT2D eigenvalue weighted by Gasteiger charge is 2.19. The molecule has 1 aliphatic heterocycles. The van der Waals surface area contributed by atoms with Gasteiger partial charge < -0.3 is 14.6 Å². The number of phenols is 1. The number of hydrogen-bond acceptors (Lipinski definition) is 6. The van der Waals surface area contributed by atoms with Gasteiger partial charge in [0.05, 0.1) is 31.3 Å². The third-order valence-electron chi connectivity index (χ3n) is 3.60. The van der Waals surface area contributed by atoms with Crippen LogP contribution in [0, 0.1) is 10.1 Å². The van der Waals surface area contributed by atoms with Gasteiger partial charge in [-0.3, -0.25) is 15.0 Å². The lowest BCUT2D eigenvalue weighted by molar-refractivity contribution is -0.386. The molecule has 1 N–H and O–H groups in total. The lowest BCUT2D eigenvalue weighted by atomic mass is 10.1. The van der Waals surface area contributed by atoms with Crippen molar-refractivity contribution >= 4 is 5.69 Å². The molecule has 1 aliphatic rings. The van der Waals surface area contributed by atoms with Gasteiger partial charge in [0.15, 0.2) is 5.75 Å². The van der Waals surface area contributed by atoms with Crippen LogP contribution in [-0.2, 0) is 11.2 Å². The summed E-state index contributed by atoms with van der Waals surface area (Å²) in [6.07, 6.45) is 1.39. The molecule has 1 aromatic carbocycles. The van der Waals surface area contributed by atoms with E-state index in [4.69, 9.17) is 9.47 Å². The Kier molecular flexibility index (Phi) is 5.35. The molecule has 1 saturated heterocycles. The Morgan fingerprint density at radius 1 is 1.43 bits per heavy atom. The number of phenolic OH excluding ortho intramolecular Hbond substituents is 1. The van der Waals surface area contributed by atoms with Crippen molar-refractivity contribution in [2.24, 2.45) is 0 Å².